The normalized spacial score (nSPS) is 18.5. The van der Waals surface area contributed by atoms with E-state index in [2.05, 4.69) is 21.2 Å². The van der Waals surface area contributed by atoms with Gasteiger partial charge in [-0.05, 0) is 44.5 Å². The SMILES string of the molecule is CC(C)(C)OC(=O)N1CC(C(=O)Nc2ccc(Br)cc2C(N)=O)C(c2ccccc2)C1. The Balaban J connectivity index is 1.87. The van der Waals surface area contributed by atoms with Crippen LogP contribution in [0.5, 0.6) is 0 Å². The van der Waals surface area contributed by atoms with Gasteiger partial charge >= 0.3 is 6.09 Å². The number of nitrogens with zero attached hydrogens (tertiary/aromatic N) is 1. The molecule has 2 aromatic carbocycles. The summed E-state index contributed by atoms with van der Waals surface area (Å²) in [5, 5.41) is 2.83. The Hall–Kier alpha value is -2.87. The predicted octanol–water partition coefficient (Wildman–Crippen LogP) is 4.14. The van der Waals surface area contributed by atoms with E-state index >= 15 is 0 Å². The lowest BCUT2D eigenvalue weighted by Gasteiger charge is -2.24. The third kappa shape index (κ3) is 5.64. The average Bonchev–Trinajstić information content (AvgIpc) is 3.14. The minimum atomic E-state index is -0.641. The number of hydrogen-bond donors (Lipinski definition) is 2. The summed E-state index contributed by atoms with van der Waals surface area (Å²) in [5.74, 6) is -1.65. The fourth-order valence-corrected chi connectivity index (χ4v) is 4.00. The molecule has 0 spiro atoms. The van der Waals surface area contributed by atoms with Crippen molar-refractivity contribution in [3.8, 4) is 0 Å². The molecule has 1 heterocycles. The zero-order chi connectivity index (χ0) is 22.8. The van der Waals surface area contributed by atoms with Crippen LogP contribution in [0.15, 0.2) is 53.0 Å². The van der Waals surface area contributed by atoms with Crippen LogP contribution in [0.4, 0.5) is 10.5 Å². The van der Waals surface area contributed by atoms with Crippen molar-refractivity contribution in [3.63, 3.8) is 0 Å². The summed E-state index contributed by atoms with van der Waals surface area (Å²) in [6.45, 7) is 5.99. The minimum Gasteiger partial charge on any atom is -0.444 e. The summed E-state index contributed by atoms with van der Waals surface area (Å²) in [7, 11) is 0. The molecule has 0 saturated carbocycles. The van der Waals surface area contributed by atoms with E-state index in [1.165, 1.54) is 0 Å². The molecule has 3 amide bonds. The van der Waals surface area contributed by atoms with Gasteiger partial charge in [0, 0.05) is 23.5 Å². The van der Waals surface area contributed by atoms with E-state index in [-0.39, 0.29) is 23.9 Å². The van der Waals surface area contributed by atoms with Crippen molar-refractivity contribution in [1.82, 2.24) is 4.90 Å². The van der Waals surface area contributed by atoms with E-state index in [0.717, 1.165) is 5.56 Å². The van der Waals surface area contributed by atoms with E-state index in [4.69, 9.17) is 10.5 Å². The Morgan fingerprint density at radius 2 is 1.77 bits per heavy atom. The lowest BCUT2D eigenvalue weighted by Crippen LogP contribution is -2.36. The molecule has 1 aliphatic heterocycles. The maximum atomic E-state index is 13.3. The van der Waals surface area contributed by atoms with Gasteiger partial charge in [0.2, 0.25) is 5.91 Å². The van der Waals surface area contributed by atoms with Crippen LogP contribution in [0, 0.1) is 5.92 Å². The highest BCUT2D eigenvalue weighted by Crippen LogP contribution is 2.35. The van der Waals surface area contributed by atoms with Crippen LogP contribution in [-0.2, 0) is 9.53 Å². The molecule has 164 valence electrons. The number of carbonyl (C=O) groups excluding carboxylic acids is 3. The third-order valence-corrected chi connectivity index (χ3v) is 5.53. The van der Waals surface area contributed by atoms with Crippen LogP contribution < -0.4 is 11.1 Å². The Morgan fingerprint density at radius 1 is 1.10 bits per heavy atom. The monoisotopic (exact) mass is 487 g/mol. The lowest BCUT2D eigenvalue weighted by atomic mass is 9.88. The van der Waals surface area contributed by atoms with Gasteiger partial charge in [0.15, 0.2) is 0 Å². The van der Waals surface area contributed by atoms with Gasteiger partial charge in [0.05, 0.1) is 17.2 Å². The van der Waals surface area contributed by atoms with Crippen molar-refractivity contribution in [1.29, 1.82) is 0 Å². The highest BCUT2D eigenvalue weighted by molar-refractivity contribution is 9.10. The molecule has 0 bridgehead atoms. The minimum absolute atomic E-state index is 0.207. The molecule has 1 fully saturated rings. The number of carbonyl (C=O) groups is 3. The smallest absolute Gasteiger partial charge is 0.410 e. The van der Waals surface area contributed by atoms with Gasteiger partial charge in [0.25, 0.3) is 5.91 Å². The number of ether oxygens (including phenoxy) is 1. The molecule has 2 unspecified atom stereocenters. The van der Waals surface area contributed by atoms with Crippen LogP contribution in [0.1, 0.15) is 42.6 Å². The molecule has 3 N–H and O–H groups in total. The number of likely N-dealkylation sites (tertiary alicyclic amines) is 1. The molecule has 2 atom stereocenters. The van der Waals surface area contributed by atoms with Crippen LogP contribution in [0.25, 0.3) is 0 Å². The van der Waals surface area contributed by atoms with Gasteiger partial charge in [0.1, 0.15) is 5.60 Å². The standard InChI is InChI=1S/C23H26BrN3O4/c1-23(2,3)31-22(30)27-12-17(14-7-5-4-6-8-14)18(13-27)21(29)26-19-10-9-15(24)11-16(19)20(25)28/h4-11,17-18H,12-13H2,1-3H3,(H2,25,28)(H,26,29). The molecule has 1 aliphatic rings. The Morgan fingerprint density at radius 3 is 2.39 bits per heavy atom. The van der Waals surface area contributed by atoms with E-state index < -0.39 is 23.5 Å². The van der Waals surface area contributed by atoms with E-state index in [1.54, 1.807) is 43.9 Å². The van der Waals surface area contributed by atoms with Crippen LogP contribution in [0.3, 0.4) is 0 Å². The zero-order valence-electron chi connectivity index (χ0n) is 17.7. The molecule has 0 aliphatic carbocycles. The van der Waals surface area contributed by atoms with Gasteiger partial charge in [-0.25, -0.2) is 4.79 Å². The summed E-state index contributed by atoms with van der Waals surface area (Å²) in [4.78, 5) is 39.3. The maximum Gasteiger partial charge on any atom is 0.410 e. The lowest BCUT2D eigenvalue weighted by molar-refractivity contribution is -0.119. The van der Waals surface area contributed by atoms with E-state index in [9.17, 15) is 14.4 Å². The second-order valence-corrected chi connectivity index (χ2v) is 9.47. The molecule has 0 radical (unpaired) electrons. The maximum absolute atomic E-state index is 13.3. The second-order valence-electron chi connectivity index (χ2n) is 8.55. The first-order chi connectivity index (χ1) is 14.5. The molecular weight excluding hydrogens is 462 g/mol. The van der Waals surface area contributed by atoms with Gasteiger partial charge in [-0.15, -0.1) is 0 Å². The van der Waals surface area contributed by atoms with Crippen molar-refractivity contribution in [2.24, 2.45) is 11.7 Å². The Labute approximate surface area is 190 Å². The average molecular weight is 488 g/mol. The highest BCUT2D eigenvalue weighted by Gasteiger charge is 2.41. The predicted molar refractivity (Wildman–Crippen MR) is 122 cm³/mol. The third-order valence-electron chi connectivity index (χ3n) is 5.04. The van der Waals surface area contributed by atoms with Gasteiger partial charge in [-0.3, -0.25) is 9.59 Å². The zero-order valence-corrected chi connectivity index (χ0v) is 19.3. The van der Waals surface area contributed by atoms with Gasteiger partial charge in [-0.1, -0.05) is 46.3 Å². The van der Waals surface area contributed by atoms with Crippen molar-refractivity contribution >= 4 is 39.5 Å². The van der Waals surface area contributed by atoms with Crippen LogP contribution >= 0.6 is 15.9 Å². The number of amides is 3. The molecular formula is C23H26BrN3O4. The molecule has 2 aromatic rings. The molecule has 0 aromatic heterocycles. The van der Waals surface area contributed by atoms with Crippen molar-refractivity contribution in [2.45, 2.75) is 32.3 Å². The summed E-state index contributed by atoms with van der Waals surface area (Å²) in [5.41, 5.74) is 6.34. The Kier molecular flexibility index (Phi) is 6.69. The fourth-order valence-electron chi connectivity index (χ4n) is 3.64. The largest absolute Gasteiger partial charge is 0.444 e. The fraction of sp³-hybridized carbons (Fsp3) is 0.348. The molecule has 31 heavy (non-hydrogen) atoms. The van der Waals surface area contributed by atoms with Crippen molar-refractivity contribution < 1.29 is 19.1 Å². The number of halogens is 1. The first-order valence-corrected chi connectivity index (χ1v) is 10.8. The van der Waals surface area contributed by atoms with Crippen LogP contribution in [0.2, 0.25) is 0 Å². The summed E-state index contributed by atoms with van der Waals surface area (Å²) in [6.07, 6.45) is -0.454. The topological polar surface area (TPSA) is 102 Å². The molecule has 8 heteroatoms. The quantitative estimate of drug-likeness (QED) is 0.676. The highest BCUT2D eigenvalue weighted by atomic mass is 79.9. The van der Waals surface area contributed by atoms with Crippen LogP contribution in [-0.4, -0.2) is 41.5 Å². The second kappa shape index (κ2) is 9.09. The van der Waals surface area contributed by atoms with E-state index in [1.807, 2.05) is 30.3 Å². The van der Waals surface area contributed by atoms with Gasteiger partial charge in [-0.2, -0.15) is 0 Å². The Bertz CT molecular complexity index is 988. The van der Waals surface area contributed by atoms with Crippen molar-refractivity contribution in [2.75, 3.05) is 18.4 Å². The number of hydrogen-bond acceptors (Lipinski definition) is 4. The van der Waals surface area contributed by atoms with E-state index in [0.29, 0.717) is 16.7 Å². The van der Waals surface area contributed by atoms with Crippen molar-refractivity contribution in [3.05, 3.63) is 64.1 Å². The first kappa shape index (κ1) is 22.8. The molecule has 3 rings (SSSR count). The number of primary amides is 1. The number of benzene rings is 2. The number of rotatable bonds is 4. The summed E-state index contributed by atoms with van der Waals surface area (Å²) in [6, 6.07) is 14.5. The van der Waals surface area contributed by atoms with Gasteiger partial charge < -0.3 is 20.7 Å². The number of nitrogens with one attached hydrogen (secondary N) is 1. The molecule has 1 saturated heterocycles. The number of nitrogens with two attached hydrogens (primary N) is 1. The number of anilines is 1. The molecule has 7 nitrogen and oxygen atoms in total. The first-order valence-electron chi connectivity index (χ1n) is 9.98. The summed E-state index contributed by atoms with van der Waals surface area (Å²) >= 11 is 3.31. The summed E-state index contributed by atoms with van der Waals surface area (Å²) < 4.78 is 6.18.